The van der Waals surface area contributed by atoms with Gasteiger partial charge < -0.3 is 9.67 Å². The van der Waals surface area contributed by atoms with Gasteiger partial charge in [-0.2, -0.15) is 0 Å². The molecule has 12 heteroatoms. The van der Waals surface area contributed by atoms with Gasteiger partial charge in [0, 0.05) is 20.1 Å². The number of nitrogens with zero attached hydrogens (tertiary/aromatic N) is 2. The number of thioether (sulfide) groups is 1. The highest BCUT2D eigenvalue weighted by Gasteiger charge is 2.27. The fraction of sp³-hybridized carbons (Fsp3) is 0.100. The van der Waals surface area contributed by atoms with Gasteiger partial charge in [-0.25, -0.2) is 18.2 Å². The summed E-state index contributed by atoms with van der Waals surface area (Å²) in [4.78, 5) is 15.7. The summed E-state index contributed by atoms with van der Waals surface area (Å²) in [6.07, 6.45) is 3.29. The molecule has 0 aliphatic heterocycles. The number of aromatic carboxylic acids is 1. The van der Waals surface area contributed by atoms with E-state index in [0.717, 1.165) is 16.9 Å². The van der Waals surface area contributed by atoms with E-state index in [9.17, 15) is 18.3 Å². The number of halogens is 3. The van der Waals surface area contributed by atoms with E-state index >= 15 is 0 Å². The molecule has 0 amide bonds. The molecule has 2 heterocycles. The number of carboxylic acids is 1. The van der Waals surface area contributed by atoms with Crippen LogP contribution in [0.15, 0.2) is 61.2 Å². The van der Waals surface area contributed by atoms with Crippen LogP contribution in [0.1, 0.15) is 15.2 Å². The van der Waals surface area contributed by atoms with Crippen LogP contribution in [0, 0.1) is 0 Å². The summed E-state index contributed by atoms with van der Waals surface area (Å²) < 4.78 is 29.4. The average Bonchev–Trinajstić information content (AvgIpc) is 3.36. The summed E-state index contributed by atoms with van der Waals surface area (Å²) in [5.41, 5.74) is 1.87. The maximum atomic E-state index is 13.3. The fourth-order valence-corrected chi connectivity index (χ4v) is 8.41. The van der Waals surface area contributed by atoms with Gasteiger partial charge >= 0.3 is 5.97 Å². The monoisotopic (exact) mass is 590 g/mol. The molecule has 0 radical (unpaired) electrons. The maximum absolute atomic E-state index is 13.3. The van der Waals surface area contributed by atoms with Crippen LogP contribution in [0.5, 0.6) is 0 Å². The van der Waals surface area contributed by atoms with E-state index < -0.39 is 15.8 Å². The van der Waals surface area contributed by atoms with Crippen LogP contribution in [0.3, 0.4) is 0 Å². The quantitative estimate of drug-likeness (QED) is 0.259. The summed E-state index contributed by atoms with van der Waals surface area (Å²) >= 11 is 18.2. The Labute approximate surface area is 210 Å². The Morgan fingerprint density at radius 3 is 2.56 bits per heavy atom. The molecule has 4 rings (SSSR count). The van der Waals surface area contributed by atoms with Crippen LogP contribution < -0.4 is 0 Å². The van der Waals surface area contributed by atoms with Crippen molar-refractivity contribution in [3.63, 3.8) is 0 Å². The van der Waals surface area contributed by atoms with Crippen molar-refractivity contribution in [1.29, 1.82) is 0 Å². The third kappa shape index (κ3) is 4.20. The van der Waals surface area contributed by atoms with E-state index in [1.807, 2.05) is 4.57 Å². The Morgan fingerprint density at radius 2 is 1.94 bits per heavy atom. The standard InChI is InChI=1S/C20H13BrCl2N2O4S3/c1-30-20-17(7-16(31-20)19(26)27)32(28,29)10-5-12(21)18-15(6-10)24-9-25(18)8-11-13(22)3-2-4-14(11)23/h2-7,9H,8H2,1H3,(H,26,27). The lowest BCUT2D eigenvalue weighted by Gasteiger charge is -2.11. The Bertz CT molecular complexity index is 1460. The Balaban J connectivity index is 1.81. The van der Waals surface area contributed by atoms with Gasteiger partial charge in [0.25, 0.3) is 0 Å². The van der Waals surface area contributed by atoms with Gasteiger partial charge in [-0.15, -0.1) is 23.1 Å². The minimum Gasteiger partial charge on any atom is -0.477 e. The van der Waals surface area contributed by atoms with Crippen molar-refractivity contribution in [2.75, 3.05) is 6.26 Å². The molecule has 0 unspecified atom stereocenters. The van der Waals surface area contributed by atoms with Gasteiger partial charge in [-0.05, 0) is 52.5 Å². The molecule has 0 aliphatic rings. The number of rotatable bonds is 6. The molecule has 0 bridgehead atoms. The number of hydrogen-bond acceptors (Lipinski definition) is 6. The number of imidazole rings is 1. The molecule has 0 saturated heterocycles. The van der Waals surface area contributed by atoms with E-state index in [1.165, 1.54) is 30.0 Å². The minimum absolute atomic E-state index is 0.0166. The number of fused-ring (bicyclic) bond motifs is 1. The normalized spacial score (nSPS) is 11.9. The lowest BCUT2D eigenvalue weighted by Crippen LogP contribution is -2.04. The molecule has 6 nitrogen and oxygen atoms in total. The van der Waals surface area contributed by atoms with E-state index in [1.54, 1.807) is 30.8 Å². The number of thiophene rings is 1. The smallest absolute Gasteiger partial charge is 0.345 e. The van der Waals surface area contributed by atoms with Gasteiger partial charge in [-0.3, -0.25) is 0 Å². The first-order valence-electron chi connectivity index (χ1n) is 8.87. The van der Waals surface area contributed by atoms with Crippen LogP contribution in [0.4, 0.5) is 0 Å². The number of carboxylic acid groups (broad SMARTS) is 1. The van der Waals surface area contributed by atoms with Crippen molar-refractivity contribution in [3.8, 4) is 0 Å². The largest absolute Gasteiger partial charge is 0.477 e. The summed E-state index contributed by atoms with van der Waals surface area (Å²) in [5, 5.41) is 10.3. The van der Waals surface area contributed by atoms with Crippen molar-refractivity contribution in [3.05, 3.63) is 67.7 Å². The van der Waals surface area contributed by atoms with Crippen LogP contribution in [0.25, 0.3) is 11.0 Å². The van der Waals surface area contributed by atoms with E-state index in [4.69, 9.17) is 23.2 Å². The van der Waals surface area contributed by atoms with E-state index in [0.29, 0.717) is 36.3 Å². The SMILES string of the molecule is CSc1sc(C(=O)O)cc1S(=O)(=O)c1cc(Br)c2c(c1)ncn2Cc1c(Cl)cccc1Cl. The molecule has 32 heavy (non-hydrogen) atoms. The molecular weight excluding hydrogens is 579 g/mol. The van der Waals surface area contributed by atoms with Crippen molar-refractivity contribution >= 4 is 89.1 Å². The molecule has 0 fully saturated rings. The predicted molar refractivity (Wildman–Crippen MR) is 132 cm³/mol. The first kappa shape index (κ1) is 23.6. The highest BCUT2D eigenvalue weighted by molar-refractivity contribution is 9.10. The highest BCUT2D eigenvalue weighted by Crippen LogP contribution is 2.39. The van der Waals surface area contributed by atoms with Gasteiger partial charge in [0.1, 0.15) is 4.88 Å². The zero-order valence-electron chi connectivity index (χ0n) is 16.2. The first-order valence-corrected chi connectivity index (χ1v) is 13.9. The molecule has 0 spiro atoms. The van der Waals surface area contributed by atoms with E-state index in [2.05, 4.69) is 20.9 Å². The molecule has 0 saturated carbocycles. The molecule has 0 atom stereocenters. The molecule has 2 aromatic carbocycles. The topological polar surface area (TPSA) is 89.3 Å². The van der Waals surface area contributed by atoms with Crippen molar-refractivity contribution in [2.24, 2.45) is 0 Å². The van der Waals surface area contributed by atoms with Gasteiger partial charge in [0.15, 0.2) is 0 Å². The zero-order valence-corrected chi connectivity index (χ0v) is 21.7. The van der Waals surface area contributed by atoms with Gasteiger partial charge in [-0.1, -0.05) is 29.3 Å². The number of hydrogen-bond donors (Lipinski definition) is 1. The van der Waals surface area contributed by atoms with Crippen LogP contribution in [-0.4, -0.2) is 35.3 Å². The Kier molecular flexibility index (Phi) is 6.63. The lowest BCUT2D eigenvalue weighted by molar-refractivity contribution is 0.0702. The third-order valence-corrected chi connectivity index (χ3v) is 10.3. The average molecular weight is 592 g/mol. The van der Waals surface area contributed by atoms with Crippen LogP contribution >= 0.6 is 62.2 Å². The van der Waals surface area contributed by atoms with Crippen LogP contribution in [0.2, 0.25) is 10.0 Å². The lowest BCUT2D eigenvalue weighted by atomic mass is 10.2. The Hall–Kier alpha value is -1.56. The molecule has 1 N–H and O–H groups in total. The molecule has 2 aromatic heterocycles. The number of aromatic nitrogens is 2. The summed E-state index contributed by atoms with van der Waals surface area (Å²) in [6.45, 7) is 0.350. The fourth-order valence-electron chi connectivity index (χ4n) is 3.18. The second-order valence-electron chi connectivity index (χ2n) is 6.62. The summed E-state index contributed by atoms with van der Waals surface area (Å²) in [7, 11) is -3.97. The van der Waals surface area contributed by atoms with Gasteiger partial charge in [0.2, 0.25) is 9.84 Å². The summed E-state index contributed by atoms with van der Waals surface area (Å²) in [5.74, 6) is -1.17. The van der Waals surface area contributed by atoms with Crippen LogP contribution in [-0.2, 0) is 16.4 Å². The second-order valence-corrected chi connectivity index (χ2v) is 12.3. The number of carbonyl (C=O) groups is 1. The third-order valence-electron chi connectivity index (χ3n) is 4.69. The van der Waals surface area contributed by atoms with Crippen molar-refractivity contribution in [1.82, 2.24) is 9.55 Å². The molecule has 166 valence electrons. The molecular formula is C20H13BrCl2N2O4S3. The highest BCUT2D eigenvalue weighted by atomic mass is 79.9. The minimum atomic E-state index is -3.97. The van der Waals surface area contributed by atoms with Crippen molar-refractivity contribution < 1.29 is 18.3 Å². The van der Waals surface area contributed by atoms with Crippen molar-refractivity contribution in [2.45, 2.75) is 20.5 Å². The summed E-state index contributed by atoms with van der Waals surface area (Å²) in [6, 6.07) is 9.42. The first-order chi connectivity index (χ1) is 15.1. The number of sulfone groups is 1. The maximum Gasteiger partial charge on any atom is 0.345 e. The predicted octanol–water partition coefficient (Wildman–Crippen LogP) is 6.47. The zero-order chi connectivity index (χ0) is 23.2. The van der Waals surface area contributed by atoms with E-state index in [-0.39, 0.29) is 14.7 Å². The molecule has 0 aliphatic carbocycles. The molecule has 4 aromatic rings. The Morgan fingerprint density at radius 1 is 1.25 bits per heavy atom. The van der Waals surface area contributed by atoms with Gasteiger partial charge in [0.05, 0.1) is 37.9 Å². The second kappa shape index (κ2) is 9.00. The number of benzene rings is 2.